The lowest BCUT2D eigenvalue weighted by molar-refractivity contribution is 0.360. The Balaban J connectivity index is 2.01. The predicted molar refractivity (Wildman–Crippen MR) is 77.3 cm³/mol. The summed E-state index contributed by atoms with van der Waals surface area (Å²) in [5.74, 6) is 1.61. The highest BCUT2D eigenvalue weighted by Gasteiger charge is 2.25. The van der Waals surface area contributed by atoms with Crippen LogP contribution in [-0.4, -0.2) is 19.7 Å². The number of aromatic nitrogens is 4. The summed E-state index contributed by atoms with van der Waals surface area (Å²) in [6.45, 7) is 2.25. The summed E-state index contributed by atoms with van der Waals surface area (Å²) in [7, 11) is 0. The number of nitrogens with zero attached hydrogens (tertiary/aromatic N) is 3. The third-order valence-corrected chi connectivity index (χ3v) is 4.40. The van der Waals surface area contributed by atoms with Crippen molar-refractivity contribution in [3.8, 4) is 11.4 Å². The molecule has 4 nitrogen and oxygen atoms in total. The van der Waals surface area contributed by atoms with E-state index in [1.807, 2.05) is 18.3 Å². The van der Waals surface area contributed by atoms with Gasteiger partial charge in [0, 0.05) is 24.0 Å². The van der Waals surface area contributed by atoms with E-state index in [-0.39, 0.29) is 0 Å². The lowest BCUT2D eigenvalue weighted by Gasteiger charge is -2.21. The van der Waals surface area contributed by atoms with Crippen LogP contribution in [0.15, 0.2) is 24.5 Å². The van der Waals surface area contributed by atoms with Crippen LogP contribution >= 0.6 is 12.2 Å². The maximum atomic E-state index is 5.41. The molecule has 0 spiro atoms. The van der Waals surface area contributed by atoms with Gasteiger partial charge in [-0.05, 0) is 50.0 Å². The Morgan fingerprint density at radius 3 is 2.89 bits per heavy atom. The van der Waals surface area contributed by atoms with Crippen LogP contribution in [0, 0.1) is 10.7 Å². The first-order valence-corrected chi connectivity index (χ1v) is 7.25. The smallest absolute Gasteiger partial charge is 0.195 e. The molecule has 1 atom stereocenters. The summed E-state index contributed by atoms with van der Waals surface area (Å²) >= 11 is 5.41. The second-order valence-electron chi connectivity index (χ2n) is 5.25. The predicted octanol–water partition coefficient (Wildman–Crippen LogP) is 3.75. The van der Waals surface area contributed by atoms with Crippen molar-refractivity contribution < 1.29 is 0 Å². The first kappa shape index (κ1) is 12.5. The Kier molecular flexibility index (Phi) is 3.46. The summed E-state index contributed by atoms with van der Waals surface area (Å²) in [6, 6.07) is 4.34. The molecule has 1 N–H and O–H groups in total. The zero-order chi connectivity index (χ0) is 13.2. The molecule has 0 aliphatic heterocycles. The van der Waals surface area contributed by atoms with Crippen molar-refractivity contribution in [2.24, 2.45) is 5.92 Å². The number of hydrogen-bond donors (Lipinski definition) is 1. The van der Waals surface area contributed by atoms with Crippen molar-refractivity contribution in [2.75, 3.05) is 0 Å². The summed E-state index contributed by atoms with van der Waals surface area (Å²) in [6.07, 6.45) is 8.87. The van der Waals surface area contributed by atoms with Crippen molar-refractivity contribution in [3.05, 3.63) is 29.3 Å². The molecule has 0 aromatic carbocycles. The average molecular weight is 274 g/mol. The molecule has 2 aromatic rings. The molecular formula is C14H18N4S. The summed E-state index contributed by atoms with van der Waals surface area (Å²) in [5, 5.41) is 7.31. The van der Waals surface area contributed by atoms with Gasteiger partial charge in [0.25, 0.3) is 0 Å². The van der Waals surface area contributed by atoms with Crippen LogP contribution in [0.3, 0.4) is 0 Å². The maximum Gasteiger partial charge on any atom is 0.195 e. The van der Waals surface area contributed by atoms with E-state index >= 15 is 0 Å². The Morgan fingerprint density at radius 1 is 1.42 bits per heavy atom. The molecule has 3 rings (SSSR count). The normalized spacial score (nSPS) is 17.7. The van der Waals surface area contributed by atoms with Gasteiger partial charge in [0.05, 0.1) is 0 Å². The van der Waals surface area contributed by atoms with Crippen molar-refractivity contribution >= 4 is 12.2 Å². The van der Waals surface area contributed by atoms with Crippen molar-refractivity contribution in [2.45, 2.75) is 38.6 Å². The second-order valence-corrected chi connectivity index (χ2v) is 5.64. The Labute approximate surface area is 117 Å². The third kappa shape index (κ3) is 2.34. The fourth-order valence-corrected chi connectivity index (χ4v) is 3.33. The molecule has 5 heteroatoms. The van der Waals surface area contributed by atoms with Gasteiger partial charge in [0.2, 0.25) is 0 Å². The van der Waals surface area contributed by atoms with E-state index in [0.29, 0.717) is 16.7 Å². The fraction of sp³-hybridized carbons (Fsp3) is 0.500. The van der Waals surface area contributed by atoms with Gasteiger partial charge >= 0.3 is 0 Å². The third-order valence-electron chi connectivity index (χ3n) is 4.11. The SMILES string of the molecule is CC(C1CCCC1)n1c(-c2cccnc2)n[nH]c1=S. The molecule has 19 heavy (non-hydrogen) atoms. The highest BCUT2D eigenvalue weighted by Crippen LogP contribution is 2.35. The average Bonchev–Trinajstić information content (AvgIpc) is 3.08. The molecule has 0 saturated heterocycles. The van der Waals surface area contributed by atoms with E-state index in [9.17, 15) is 0 Å². The van der Waals surface area contributed by atoms with Gasteiger partial charge in [0.1, 0.15) is 0 Å². The second kappa shape index (κ2) is 5.25. The molecule has 100 valence electrons. The number of rotatable bonds is 3. The number of aromatic amines is 1. The summed E-state index contributed by atoms with van der Waals surface area (Å²) in [5.41, 5.74) is 1.01. The summed E-state index contributed by atoms with van der Waals surface area (Å²) in [4.78, 5) is 4.17. The minimum Gasteiger partial charge on any atom is -0.297 e. The highest BCUT2D eigenvalue weighted by molar-refractivity contribution is 7.71. The van der Waals surface area contributed by atoms with Crippen LogP contribution in [0.25, 0.3) is 11.4 Å². The van der Waals surface area contributed by atoms with E-state index in [0.717, 1.165) is 11.4 Å². The lowest BCUT2D eigenvalue weighted by atomic mass is 9.99. The molecule has 0 radical (unpaired) electrons. The van der Waals surface area contributed by atoms with Crippen LogP contribution in [-0.2, 0) is 0 Å². The lowest BCUT2D eigenvalue weighted by Crippen LogP contribution is -2.15. The number of H-pyrrole nitrogens is 1. The van der Waals surface area contributed by atoms with Crippen LogP contribution in [0.4, 0.5) is 0 Å². The van der Waals surface area contributed by atoms with Crippen LogP contribution in [0.5, 0.6) is 0 Å². The molecule has 1 aliphatic rings. The number of hydrogen-bond acceptors (Lipinski definition) is 3. The standard InChI is InChI=1S/C14H18N4S/c1-10(11-5-2-3-6-11)18-13(16-17-14(18)19)12-7-4-8-15-9-12/h4,7-11H,2-3,5-6H2,1H3,(H,17,19). The zero-order valence-corrected chi connectivity index (χ0v) is 11.9. The monoisotopic (exact) mass is 274 g/mol. The van der Waals surface area contributed by atoms with Gasteiger partial charge in [-0.25, -0.2) is 0 Å². The number of nitrogens with one attached hydrogen (secondary N) is 1. The molecule has 0 bridgehead atoms. The highest BCUT2D eigenvalue weighted by atomic mass is 32.1. The van der Waals surface area contributed by atoms with Gasteiger partial charge in [-0.2, -0.15) is 5.10 Å². The fourth-order valence-electron chi connectivity index (χ4n) is 3.03. The first-order chi connectivity index (χ1) is 9.27. The Morgan fingerprint density at radius 2 is 2.21 bits per heavy atom. The molecule has 1 saturated carbocycles. The minimum absolute atomic E-state index is 0.393. The van der Waals surface area contributed by atoms with E-state index in [1.165, 1.54) is 25.7 Å². The molecule has 0 amide bonds. The van der Waals surface area contributed by atoms with Crippen LogP contribution < -0.4 is 0 Å². The van der Waals surface area contributed by atoms with Crippen LogP contribution in [0.2, 0.25) is 0 Å². The zero-order valence-electron chi connectivity index (χ0n) is 11.0. The largest absolute Gasteiger partial charge is 0.297 e. The first-order valence-electron chi connectivity index (χ1n) is 6.84. The van der Waals surface area contributed by atoms with Crippen molar-refractivity contribution in [3.63, 3.8) is 0 Å². The number of pyridine rings is 1. The molecule has 1 fully saturated rings. The minimum atomic E-state index is 0.393. The molecular weight excluding hydrogens is 256 g/mol. The van der Waals surface area contributed by atoms with Gasteiger partial charge < -0.3 is 0 Å². The quantitative estimate of drug-likeness (QED) is 0.867. The molecule has 1 aliphatic carbocycles. The van der Waals surface area contributed by atoms with E-state index < -0.39 is 0 Å². The molecule has 2 heterocycles. The van der Waals surface area contributed by atoms with Gasteiger partial charge in [-0.1, -0.05) is 12.8 Å². The van der Waals surface area contributed by atoms with Gasteiger partial charge in [-0.3, -0.25) is 14.6 Å². The van der Waals surface area contributed by atoms with Crippen molar-refractivity contribution in [1.82, 2.24) is 19.7 Å². The van der Waals surface area contributed by atoms with E-state index in [1.54, 1.807) is 6.20 Å². The molecule has 1 unspecified atom stereocenters. The van der Waals surface area contributed by atoms with Gasteiger partial charge in [0.15, 0.2) is 10.6 Å². The topological polar surface area (TPSA) is 46.5 Å². The van der Waals surface area contributed by atoms with Crippen molar-refractivity contribution in [1.29, 1.82) is 0 Å². The maximum absolute atomic E-state index is 5.41. The van der Waals surface area contributed by atoms with Gasteiger partial charge in [-0.15, -0.1) is 0 Å². The van der Waals surface area contributed by atoms with E-state index in [4.69, 9.17) is 12.2 Å². The summed E-state index contributed by atoms with van der Waals surface area (Å²) < 4.78 is 2.86. The Bertz CT molecular complexity index is 595. The van der Waals surface area contributed by atoms with Crippen LogP contribution in [0.1, 0.15) is 38.6 Å². The molecule has 2 aromatic heterocycles. The Hall–Kier alpha value is -1.49. The van der Waals surface area contributed by atoms with E-state index in [2.05, 4.69) is 26.7 Å².